The van der Waals surface area contributed by atoms with E-state index in [0.29, 0.717) is 31.2 Å². The third-order valence-corrected chi connectivity index (χ3v) is 5.20. The average Bonchev–Trinajstić information content (AvgIpc) is 3.50. The fourth-order valence-corrected chi connectivity index (χ4v) is 3.54. The van der Waals surface area contributed by atoms with E-state index in [-0.39, 0.29) is 18.2 Å². The van der Waals surface area contributed by atoms with Crippen molar-refractivity contribution in [3.63, 3.8) is 0 Å². The van der Waals surface area contributed by atoms with Gasteiger partial charge in [-0.3, -0.25) is 9.69 Å². The molecule has 0 saturated carbocycles. The number of rotatable bonds is 9. The second-order valence-corrected chi connectivity index (χ2v) is 7.85. The first-order valence-corrected chi connectivity index (χ1v) is 10.7. The first-order chi connectivity index (χ1) is 16.4. The Kier molecular flexibility index (Phi) is 7.18. The van der Waals surface area contributed by atoms with Gasteiger partial charge in [0.2, 0.25) is 0 Å². The molecule has 0 aliphatic carbocycles. The molecule has 0 bridgehead atoms. The quantitative estimate of drug-likeness (QED) is 0.326. The molecule has 176 valence electrons. The molecule has 0 unspecified atom stereocenters. The number of benzene rings is 2. The predicted molar refractivity (Wildman–Crippen MR) is 119 cm³/mol. The molecule has 2 heterocycles. The minimum atomic E-state index is -4.37. The minimum Gasteiger partial charge on any atom is -0.467 e. The topological polar surface area (TPSA) is 58.6 Å². The lowest BCUT2D eigenvalue weighted by Gasteiger charge is -2.22. The summed E-state index contributed by atoms with van der Waals surface area (Å²) in [7, 11) is 0. The number of carbonyl (C=O) groups excluding carboxylic acids is 1. The van der Waals surface area contributed by atoms with E-state index < -0.39 is 11.7 Å². The number of hydrogen-bond acceptors (Lipinski definition) is 4. The van der Waals surface area contributed by atoms with Gasteiger partial charge in [-0.1, -0.05) is 42.5 Å². The first-order valence-electron chi connectivity index (χ1n) is 10.7. The maximum absolute atomic E-state index is 12.9. The minimum absolute atomic E-state index is 0.177. The predicted octanol–water partition coefficient (Wildman–Crippen LogP) is 6.02. The van der Waals surface area contributed by atoms with Crippen molar-refractivity contribution < 1.29 is 26.8 Å². The molecule has 2 aromatic carbocycles. The van der Waals surface area contributed by atoms with E-state index in [1.807, 2.05) is 35.2 Å². The highest BCUT2D eigenvalue weighted by molar-refractivity contribution is 5.91. The Morgan fingerprint density at radius 1 is 0.794 bits per heavy atom. The summed E-state index contributed by atoms with van der Waals surface area (Å²) in [5.41, 5.74) is 1.12. The molecule has 0 aliphatic heterocycles. The van der Waals surface area contributed by atoms with Crippen molar-refractivity contribution in [2.75, 3.05) is 0 Å². The van der Waals surface area contributed by atoms with Crippen LogP contribution in [0.3, 0.4) is 0 Å². The number of furan rings is 2. The summed E-state index contributed by atoms with van der Waals surface area (Å²) < 4.78 is 49.7. The van der Waals surface area contributed by atoms with Crippen molar-refractivity contribution in [2.45, 2.75) is 32.4 Å². The lowest BCUT2D eigenvalue weighted by Crippen LogP contribution is -2.23. The zero-order chi connectivity index (χ0) is 24.0. The van der Waals surface area contributed by atoms with Gasteiger partial charge in [0.15, 0.2) is 5.76 Å². The van der Waals surface area contributed by atoms with Gasteiger partial charge in [0.25, 0.3) is 5.91 Å². The van der Waals surface area contributed by atoms with Gasteiger partial charge in [0.1, 0.15) is 11.5 Å². The van der Waals surface area contributed by atoms with Gasteiger partial charge in [0.05, 0.1) is 24.9 Å². The van der Waals surface area contributed by atoms with Crippen LogP contribution in [-0.2, 0) is 32.4 Å². The highest BCUT2D eigenvalue weighted by Gasteiger charge is 2.30. The third kappa shape index (κ3) is 6.39. The van der Waals surface area contributed by atoms with Gasteiger partial charge in [-0.15, -0.1) is 0 Å². The molecule has 0 radical (unpaired) electrons. The van der Waals surface area contributed by atoms with E-state index in [1.54, 1.807) is 24.3 Å². The van der Waals surface area contributed by atoms with Crippen LogP contribution >= 0.6 is 0 Å². The number of nitrogens with zero attached hydrogens (tertiary/aromatic N) is 1. The second-order valence-electron chi connectivity index (χ2n) is 7.85. The highest BCUT2D eigenvalue weighted by Crippen LogP contribution is 2.29. The van der Waals surface area contributed by atoms with Crippen LogP contribution in [0.5, 0.6) is 0 Å². The van der Waals surface area contributed by atoms with Crippen LogP contribution in [0.15, 0.2) is 94.0 Å². The van der Waals surface area contributed by atoms with Crippen molar-refractivity contribution >= 4 is 5.91 Å². The molecular weight excluding hydrogens is 445 g/mol. The summed E-state index contributed by atoms with van der Waals surface area (Å²) in [4.78, 5) is 14.4. The largest absolute Gasteiger partial charge is 0.467 e. The smallest absolute Gasteiger partial charge is 0.416 e. The van der Waals surface area contributed by atoms with Crippen LogP contribution in [-0.4, -0.2) is 10.8 Å². The molecule has 0 saturated heterocycles. The van der Waals surface area contributed by atoms with Gasteiger partial charge < -0.3 is 14.2 Å². The summed E-state index contributed by atoms with van der Waals surface area (Å²) in [5.74, 6) is 1.02. The molecule has 34 heavy (non-hydrogen) atoms. The van der Waals surface area contributed by atoms with Gasteiger partial charge >= 0.3 is 6.18 Å². The molecule has 5 nitrogen and oxygen atoms in total. The molecule has 0 aliphatic rings. The Labute approximate surface area is 194 Å². The van der Waals surface area contributed by atoms with Crippen molar-refractivity contribution in [1.29, 1.82) is 0 Å². The van der Waals surface area contributed by atoms with Crippen LogP contribution in [0.25, 0.3) is 0 Å². The summed E-state index contributed by atoms with van der Waals surface area (Å²) in [6.45, 7) is 1.59. The Morgan fingerprint density at radius 3 is 2.15 bits per heavy atom. The Bertz CT molecular complexity index is 1180. The fourth-order valence-electron chi connectivity index (χ4n) is 3.54. The summed E-state index contributed by atoms with van der Waals surface area (Å²) >= 11 is 0. The zero-order valence-corrected chi connectivity index (χ0v) is 18.2. The molecule has 0 fully saturated rings. The second kappa shape index (κ2) is 10.4. The van der Waals surface area contributed by atoms with Gasteiger partial charge in [-0.05, 0) is 47.5 Å². The van der Waals surface area contributed by atoms with E-state index in [2.05, 4.69) is 5.32 Å². The molecular formula is C26H23F3N2O3. The molecule has 1 amide bonds. The molecule has 2 aromatic heterocycles. The monoisotopic (exact) mass is 468 g/mol. The fraction of sp³-hybridized carbons (Fsp3) is 0.192. The van der Waals surface area contributed by atoms with Crippen molar-refractivity contribution in [3.05, 3.63) is 119 Å². The third-order valence-electron chi connectivity index (χ3n) is 5.20. The van der Waals surface area contributed by atoms with Crippen molar-refractivity contribution in [3.8, 4) is 0 Å². The van der Waals surface area contributed by atoms with Crippen LogP contribution in [0.2, 0.25) is 0 Å². The zero-order valence-electron chi connectivity index (χ0n) is 18.2. The van der Waals surface area contributed by atoms with E-state index >= 15 is 0 Å². The first kappa shape index (κ1) is 23.4. The van der Waals surface area contributed by atoms with Gasteiger partial charge in [-0.2, -0.15) is 13.2 Å². The van der Waals surface area contributed by atoms with Crippen molar-refractivity contribution in [1.82, 2.24) is 10.2 Å². The number of nitrogens with one attached hydrogen (secondary N) is 1. The summed E-state index contributed by atoms with van der Waals surface area (Å²) in [5, 5.41) is 2.73. The maximum Gasteiger partial charge on any atom is 0.416 e. The van der Waals surface area contributed by atoms with Gasteiger partial charge in [0, 0.05) is 13.1 Å². The summed E-state index contributed by atoms with van der Waals surface area (Å²) in [6.07, 6.45) is -2.84. The number of amides is 1. The molecule has 1 N–H and O–H groups in total. The normalized spacial score (nSPS) is 11.6. The SMILES string of the molecule is O=C(NCc1ccco1)c1ccc(CN(Cc2ccccc2)Cc2ccc(C(F)(F)F)cc2)o1. The lowest BCUT2D eigenvalue weighted by molar-refractivity contribution is -0.137. The maximum atomic E-state index is 12.9. The van der Waals surface area contributed by atoms with Crippen LogP contribution in [0.4, 0.5) is 13.2 Å². The average molecular weight is 468 g/mol. The Morgan fingerprint density at radius 2 is 1.50 bits per heavy atom. The van der Waals surface area contributed by atoms with Crippen LogP contribution in [0, 0.1) is 0 Å². The van der Waals surface area contributed by atoms with E-state index in [0.717, 1.165) is 23.3 Å². The van der Waals surface area contributed by atoms with Gasteiger partial charge in [-0.25, -0.2) is 0 Å². The molecule has 0 spiro atoms. The molecule has 4 rings (SSSR count). The standard InChI is InChI=1S/C26H23F3N2O3/c27-26(28,29)21-10-8-20(9-11-21)17-31(16-19-5-2-1-3-6-19)18-23-12-13-24(34-23)25(32)30-15-22-7-4-14-33-22/h1-14H,15-18H2,(H,30,32). The molecule has 8 heteroatoms. The molecule has 0 atom stereocenters. The Hall–Kier alpha value is -3.78. The summed E-state index contributed by atoms with van der Waals surface area (Å²) in [6, 6.07) is 21.7. The van der Waals surface area contributed by atoms with E-state index in [1.165, 1.54) is 18.4 Å². The van der Waals surface area contributed by atoms with E-state index in [9.17, 15) is 18.0 Å². The lowest BCUT2D eigenvalue weighted by atomic mass is 10.1. The van der Waals surface area contributed by atoms with Crippen molar-refractivity contribution in [2.24, 2.45) is 0 Å². The van der Waals surface area contributed by atoms with Crippen LogP contribution in [0.1, 0.15) is 38.8 Å². The molecule has 4 aromatic rings. The number of carbonyl (C=O) groups is 1. The van der Waals surface area contributed by atoms with E-state index in [4.69, 9.17) is 8.83 Å². The number of halogens is 3. The Balaban J connectivity index is 1.44. The van der Waals surface area contributed by atoms with Crippen LogP contribution < -0.4 is 5.32 Å². The highest BCUT2D eigenvalue weighted by atomic mass is 19.4. The number of alkyl halides is 3. The number of hydrogen-bond donors (Lipinski definition) is 1.